The van der Waals surface area contributed by atoms with Gasteiger partial charge in [-0.25, -0.2) is 15.4 Å². The van der Waals surface area contributed by atoms with Gasteiger partial charge in [0.2, 0.25) is 5.82 Å². The van der Waals surface area contributed by atoms with Gasteiger partial charge in [-0.15, -0.1) is 0 Å². The Bertz CT molecular complexity index is 1170. The minimum Gasteiger partial charge on any atom is -0.264 e. The van der Waals surface area contributed by atoms with Crippen molar-refractivity contribution < 1.29 is 4.79 Å². The van der Waals surface area contributed by atoms with E-state index in [-0.39, 0.29) is 5.82 Å². The van der Waals surface area contributed by atoms with Gasteiger partial charge < -0.3 is 0 Å². The molecule has 0 unspecified atom stereocenters. The predicted molar refractivity (Wildman–Crippen MR) is 124 cm³/mol. The van der Waals surface area contributed by atoms with Gasteiger partial charge in [0.25, 0.3) is 0 Å². The Kier molecular flexibility index (Phi) is 6.15. The highest BCUT2D eigenvalue weighted by molar-refractivity contribution is 6.30. The van der Waals surface area contributed by atoms with Crippen molar-refractivity contribution in [3.05, 3.63) is 107 Å². The number of halogens is 1. The summed E-state index contributed by atoms with van der Waals surface area (Å²) < 4.78 is 0. The summed E-state index contributed by atoms with van der Waals surface area (Å²) >= 11 is 5.93. The number of aromatic nitrogens is 2. The van der Waals surface area contributed by atoms with Crippen molar-refractivity contribution in [1.82, 2.24) is 15.4 Å². The molecule has 3 aromatic carbocycles. The van der Waals surface area contributed by atoms with Crippen LogP contribution in [0, 0.1) is 0 Å². The Balaban J connectivity index is 1.67. The maximum atomic E-state index is 12.8. The normalized spacial score (nSPS) is 11.2. The average Bonchev–Trinajstić information content (AvgIpc) is 2.83. The predicted octanol–water partition coefficient (Wildman–Crippen LogP) is 5.62. The molecule has 1 aromatic heterocycles. The van der Waals surface area contributed by atoms with E-state index in [1.54, 1.807) is 19.1 Å². The molecule has 0 radical (unpaired) electrons. The van der Waals surface area contributed by atoms with Crippen molar-refractivity contribution in [2.24, 2.45) is 5.10 Å². The summed E-state index contributed by atoms with van der Waals surface area (Å²) in [6, 6.07) is 28.5. The van der Waals surface area contributed by atoms with Crippen molar-refractivity contribution >= 4 is 23.2 Å². The Hall–Kier alpha value is -3.83. The first-order valence-corrected chi connectivity index (χ1v) is 10.1. The van der Waals surface area contributed by atoms with Crippen LogP contribution in [0.5, 0.6) is 0 Å². The van der Waals surface area contributed by atoms with Gasteiger partial charge in [-0.3, -0.25) is 4.79 Å². The Morgan fingerprint density at radius 3 is 1.84 bits per heavy atom. The summed E-state index contributed by atoms with van der Waals surface area (Å²) in [4.78, 5) is 21.8. The average molecular weight is 427 g/mol. The molecule has 0 spiro atoms. The Morgan fingerprint density at radius 2 is 1.32 bits per heavy atom. The molecule has 4 aromatic rings. The molecule has 0 atom stereocenters. The molecular weight excluding hydrogens is 408 g/mol. The van der Waals surface area contributed by atoms with E-state index in [4.69, 9.17) is 11.6 Å². The zero-order chi connectivity index (χ0) is 21.6. The third-order valence-electron chi connectivity index (χ3n) is 4.66. The highest BCUT2D eigenvalue weighted by Gasteiger charge is 2.14. The third-order valence-corrected chi connectivity index (χ3v) is 4.91. The van der Waals surface area contributed by atoms with E-state index in [0.29, 0.717) is 22.1 Å². The minimum absolute atomic E-state index is 0.0489. The van der Waals surface area contributed by atoms with Crippen LogP contribution in [0.3, 0.4) is 0 Å². The molecule has 1 N–H and O–H groups in total. The summed E-state index contributed by atoms with van der Waals surface area (Å²) in [7, 11) is 0. The summed E-state index contributed by atoms with van der Waals surface area (Å²) in [5.41, 5.74) is 7.19. The molecular formula is C25H19ClN4O. The number of hydrazone groups is 1. The molecule has 4 rings (SSSR count). The first kappa shape index (κ1) is 20.4. The summed E-state index contributed by atoms with van der Waals surface area (Å²) in [6.45, 7) is 1.81. The molecule has 0 aliphatic rings. The fourth-order valence-corrected chi connectivity index (χ4v) is 3.13. The van der Waals surface area contributed by atoms with Crippen LogP contribution in [-0.2, 0) is 0 Å². The van der Waals surface area contributed by atoms with E-state index in [1.165, 1.54) is 0 Å². The molecule has 0 saturated carbocycles. The molecule has 0 aliphatic heterocycles. The molecule has 1 heterocycles. The topological polar surface area (TPSA) is 67.2 Å². The number of rotatable bonds is 5. The monoisotopic (exact) mass is 426 g/mol. The first-order chi connectivity index (χ1) is 15.1. The van der Waals surface area contributed by atoms with Crippen LogP contribution in [0.15, 0.2) is 96.1 Å². The SMILES string of the molecule is C/C(=N/NC(=O)c1nc(-c2ccccc2)cc(-c2ccccc2)n1)c1ccc(Cl)cc1. The minimum atomic E-state index is -0.483. The van der Waals surface area contributed by atoms with Crippen molar-refractivity contribution in [1.29, 1.82) is 0 Å². The number of nitrogens with one attached hydrogen (secondary N) is 1. The maximum Gasteiger partial charge on any atom is 0.309 e. The fraction of sp³-hybridized carbons (Fsp3) is 0.0400. The second kappa shape index (κ2) is 9.32. The van der Waals surface area contributed by atoms with Gasteiger partial charge in [0.1, 0.15) is 0 Å². The molecule has 0 fully saturated rings. The van der Waals surface area contributed by atoms with Crippen LogP contribution in [0.1, 0.15) is 23.1 Å². The quantitative estimate of drug-likeness (QED) is 0.332. The molecule has 5 nitrogen and oxygen atoms in total. The first-order valence-electron chi connectivity index (χ1n) is 9.70. The Morgan fingerprint density at radius 1 is 0.806 bits per heavy atom. The maximum absolute atomic E-state index is 12.8. The third kappa shape index (κ3) is 5.02. The zero-order valence-electron chi connectivity index (χ0n) is 16.8. The van der Waals surface area contributed by atoms with E-state index in [1.807, 2.05) is 78.9 Å². The number of nitrogens with zero attached hydrogens (tertiary/aromatic N) is 3. The molecule has 0 saturated heterocycles. The highest BCUT2D eigenvalue weighted by atomic mass is 35.5. The lowest BCUT2D eigenvalue weighted by molar-refractivity contribution is 0.0944. The molecule has 152 valence electrons. The van der Waals surface area contributed by atoms with E-state index >= 15 is 0 Å². The lowest BCUT2D eigenvalue weighted by Crippen LogP contribution is -2.22. The molecule has 31 heavy (non-hydrogen) atoms. The van der Waals surface area contributed by atoms with Gasteiger partial charge in [-0.05, 0) is 30.7 Å². The van der Waals surface area contributed by atoms with Gasteiger partial charge in [-0.2, -0.15) is 5.10 Å². The zero-order valence-corrected chi connectivity index (χ0v) is 17.5. The van der Waals surface area contributed by atoms with Gasteiger partial charge >= 0.3 is 5.91 Å². The number of carbonyl (C=O) groups is 1. The molecule has 6 heteroatoms. The standard InChI is InChI=1S/C25H19ClN4O/c1-17(18-12-14-21(26)15-13-18)29-30-25(31)24-27-22(19-8-4-2-5-9-19)16-23(28-24)20-10-6-3-7-11-20/h2-16H,1H3,(H,30,31)/b29-17-. The van der Waals surface area contributed by atoms with Gasteiger partial charge in [0, 0.05) is 16.1 Å². The largest absolute Gasteiger partial charge is 0.309 e. The van der Waals surface area contributed by atoms with Crippen LogP contribution < -0.4 is 5.43 Å². The van der Waals surface area contributed by atoms with E-state index in [2.05, 4.69) is 20.5 Å². The van der Waals surface area contributed by atoms with Crippen LogP contribution in [-0.4, -0.2) is 21.6 Å². The number of amides is 1. The highest BCUT2D eigenvalue weighted by Crippen LogP contribution is 2.23. The second-order valence-corrected chi connectivity index (χ2v) is 7.28. The van der Waals surface area contributed by atoms with Gasteiger partial charge in [0.05, 0.1) is 17.1 Å². The van der Waals surface area contributed by atoms with Crippen molar-refractivity contribution in [2.75, 3.05) is 0 Å². The van der Waals surface area contributed by atoms with Crippen LogP contribution in [0.25, 0.3) is 22.5 Å². The smallest absolute Gasteiger partial charge is 0.264 e. The number of hydrogen-bond acceptors (Lipinski definition) is 4. The van der Waals surface area contributed by atoms with Crippen molar-refractivity contribution in [3.8, 4) is 22.5 Å². The van der Waals surface area contributed by atoms with Crippen molar-refractivity contribution in [3.63, 3.8) is 0 Å². The van der Waals surface area contributed by atoms with Crippen LogP contribution >= 0.6 is 11.6 Å². The number of carbonyl (C=O) groups excluding carboxylic acids is 1. The summed E-state index contributed by atoms with van der Waals surface area (Å²) in [6.07, 6.45) is 0. The lowest BCUT2D eigenvalue weighted by atomic mass is 10.1. The lowest BCUT2D eigenvalue weighted by Gasteiger charge is -2.08. The molecule has 0 aliphatic carbocycles. The molecule has 1 amide bonds. The van der Waals surface area contributed by atoms with E-state index in [9.17, 15) is 4.79 Å². The molecule has 0 bridgehead atoms. The van der Waals surface area contributed by atoms with E-state index in [0.717, 1.165) is 16.7 Å². The number of benzene rings is 3. The van der Waals surface area contributed by atoms with Gasteiger partial charge in [-0.1, -0.05) is 84.4 Å². The van der Waals surface area contributed by atoms with Crippen LogP contribution in [0.2, 0.25) is 5.02 Å². The van der Waals surface area contributed by atoms with E-state index < -0.39 is 5.91 Å². The summed E-state index contributed by atoms with van der Waals surface area (Å²) in [5.74, 6) is -0.434. The van der Waals surface area contributed by atoms with Gasteiger partial charge in [0.15, 0.2) is 0 Å². The number of hydrogen-bond donors (Lipinski definition) is 1. The second-order valence-electron chi connectivity index (χ2n) is 6.84. The fourth-order valence-electron chi connectivity index (χ4n) is 3.00. The summed E-state index contributed by atoms with van der Waals surface area (Å²) in [5, 5.41) is 4.84. The van der Waals surface area contributed by atoms with Crippen LogP contribution in [0.4, 0.5) is 0 Å². The Labute approximate surface area is 185 Å². The van der Waals surface area contributed by atoms with Crippen molar-refractivity contribution in [2.45, 2.75) is 6.92 Å².